The number of halogens is 1. The van der Waals surface area contributed by atoms with E-state index in [9.17, 15) is 9.59 Å². The van der Waals surface area contributed by atoms with Crippen LogP contribution in [0, 0.1) is 19.8 Å². The molecule has 1 aromatic heterocycles. The number of likely N-dealkylation sites (tertiary alicyclic amines) is 1. The Bertz CT molecular complexity index is 896. The molecule has 0 radical (unpaired) electrons. The molecule has 2 amide bonds. The van der Waals surface area contributed by atoms with E-state index in [1.807, 2.05) is 53.6 Å². The zero-order chi connectivity index (χ0) is 21.1. The summed E-state index contributed by atoms with van der Waals surface area (Å²) in [6, 6.07) is 9.65. The van der Waals surface area contributed by atoms with Gasteiger partial charge >= 0.3 is 0 Å². The summed E-state index contributed by atoms with van der Waals surface area (Å²) in [5.41, 5.74) is 3.51. The highest BCUT2D eigenvalue weighted by molar-refractivity contribution is 6.30. The van der Waals surface area contributed by atoms with Crippen molar-refractivity contribution in [3.63, 3.8) is 0 Å². The van der Waals surface area contributed by atoms with Gasteiger partial charge in [0.25, 0.3) is 5.91 Å². The van der Waals surface area contributed by atoms with Crippen LogP contribution < -0.4 is 5.32 Å². The fourth-order valence-corrected chi connectivity index (χ4v) is 4.20. The SMILES string of the molecule is Cc1cc(C(=O)NC2CCN(C(=O)CC(C)C)CC2)c(C)n1-c1cccc(Cl)c1. The average molecular weight is 416 g/mol. The lowest BCUT2D eigenvalue weighted by Crippen LogP contribution is -2.46. The van der Waals surface area contributed by atoms with E-state index in [-0.39, 0.29) is 17.9 Å². The van der Waals surface area contributed by atoms with Gasteiger partial charge in [-0.25, -0.2) is 0 Å². The molecular weight excluding hydrogens is 386 g/mol. The molecule has 1 N–H and O–H groups in total. The van der Waals surface area contributed by atoms with Gasteiger partial charge in [-0.3, -0.25) is 9.59 Å². The number of aromatic nitrogens is 1. The second-order valence-electron chi connectivity index (χ2n) is 8.33. The lowest BCUT2D eigenvalue weighted by molar-refractivity contribution is -0.133. The van der Waals surface area contributed by atoms with Crippen molar-refractivity contribution in [2.24, 2.45) is 5.92 Å². The van der Waals surface area contributed by atoms with Crippen molar-refractivity contribution in [1.82, 2.24) is 14.8 Å². The first-order chi connectivity index (χ1) is 13.8. The van der Waals surface area contributed by atoms with Crippen molar-refractivity contribution in [3.05, 3.63) is 52.3 Å². The van der Waals surface area contributed by atoms with Crippen LogP contribution >= 0.6 is 11.6 Å². The zero-order valence-electron chi connectivity index (χ0n) is 17.7. The van der Waals surface area contributed by atoms with Gasteiger partial charge in [-0.1, -0.05) is 31.5 Å². The van der Waals surface area contributed by atoms with E-state index in [4.69, 9.17) is 11.6 Å². The van der Waals surface area contributed by atoms with E-state index < -0.39 is 0 Å². The fraction of sp³-hybridized carbons (Fsp3) is 0.478. The first-order valence-electron chi connectivity index (χ1n) is 10.3. The Morgan fingerprint density at radius 3 is 2.48 bits per heavy atom. The fourth-order valence-electron chi connectivity index (χ4n) is 4.02. The van der Waals surface area contributed by atoms with Crippen LogP contribution in [0.3, 0.4) is 0 Å². The van der Waals surface area contributed by atoms with Crippen LogP contribution in [0.2, 0.25) is 5.02 Å². The number of carbonyl (C=O) groups is 2. The Morgan fingerprint density at radius 2 is 1.86 bits per heavy atom. The molecule has 0 aliphatic carbocycles. The maximum absolute atomic E-state index is 12.9. The number of aryl methyl sites for hydroxylation is 1. The third-order valence-electron chi connectivity index (χ3n) is 5.51. The minimum absolute atomic E-state index is 0.0571. The Hall–Kier alpha value is -2.27. The molecule has 2 aromatic rings. The number of hydrogen-bond donors (Lipinski definition) is 1. The first-order valence-corrected chi connectivity index (χ1v) is 10.7. The molecule has 0 spiro atoms. The van der Waals surface area contributed by atoms with Gasteiger partial charge in [-0.15, -0.1) is 0 Å². The van der Waals surface area contributed by atoms with E-state index in [0.29, 0.717) is 36.0 Å². The molecule has 1 aliphatic rings. The van der Waals surface area contributed by atoms with Gasteiger partial charge in [0, 0.05) is 47.7 Å². The molecular formula is C23H30ClN3O2. The molecule has 1 fully saturated rings. The third-order valence-corrected chi connectivity index (χ3v) is 5.74. The highest BCUT2D eigenvalue weighted by Gasteiger charge is 2.25. The molecule has 29 heavy (non-hydrogen) atoms. The number of piperidine rings is 1. The molecule has 0 saturated carbocycles. The van der Waals surface area contributed by atoms with Crippen LogP contribution in [0.5, 0.6) is 0 Å². The van der Waals surface area contributed by atoms with Crippen LogP contribution in [0.1, 0.15) is 54.9 Å². The standard InChI is InChI=1S/C23H30ClN3O2/c1-15(2)12-22(28)26-10-8-19(9-11-26)25-23(29)21-13-16(3)27(17(21)4)20-7-5-6-18(24)14-20/h5-7,13-15,19H,8-12H2,1-4H3,(H,25,29). The van der Waals surface area contributed by atoms with Crippen molar-refractivity contribution in [3.8, 4) is 5.69 Å². The number of benzene rings is 1. The molecule has 5 nitrogen and oxygen atoms in total. The Labute approximate surface area is 178 Å². The van der Waals surface area contributed by atoms with Crippen molar-refractivity contribution in [2.45, 2.75) is 53.0 Å². The summed E-state index contributed by atoms with van der Waals surface area (Å²) in [7, 11) is 0. The molecule has 6 heteroatoms. The molecule has 1 saturated heterocycles. The van der Waals surface area contributed by atoms with Crippen LogP contribution in [0.4, 0.5) is 0 Å². The van der Waals surface area contributed by atoms with Crippen LogP contribution in [-0.2, 0) is 4.79 Å². The number of amides is 2. The van der Waals surface area contributed by atoms with Crippen molar-refractivity contribution < 1.29 is 9.59 Å². The number of carbonyl (C=O) groups excluding carboxylic acids is 2. The van der Waals surface area contributed by atoms with Crippen LogP contribution in [0.25, 0.3) is 5.69 Å². The summed E-state index contributed by atoms with van der Waals surface area (Å²) in [4.78, 5) is 27.1. The first kappa shape index (κ1) is 21.4. The number of hydrogen-bond acceptors (Lipinski definition) is 2. The smallest absolute Gasteiger partial charge is 0.253 e. The monoisotopic (exact) mass is 415 g/mol. The largest absolute Gasteiger partial charge is 0.349 e. The van der Waals surface area contributed by atoms with Crippen molar-refractivity contribution in [2.75, 3.05) is 13.1 Å². The van der Waals surface area contributed by atoms with Crippen molar-refractivity contribution >= 4 is 23.4 Å². The van der Waals surface area contributed by atoms with Crippen LogP contribution in [0.15, 0.2) is 30.3 Å². The lowest BCUT2D eigenvalue weighted by atomic mass is 10.0. The van der Waals surface area contributed by atoms with Gasteiger partial charge < -0.3 is 14.8 Å². The quantitative estimate of drug-likeness (QED) is 0.780. The van der Waals surface area contributed by atoms with Gasteiger partial charge in [0.05, 0.1) is 5.56 Å². The average Bonchev–Trinajstić information content (AvgIpc) is 2.96. The molecule has 0 bridgehead atoms. The highest BCUT2D eigenvalue weighted by Crippen LogP contribution is 2.23. The lowest BCUT2D eigenvalue weighted by Gasteiger charge is -2.32. The van der Waals surface area contributed by atoms with E-state index >= 15 is 0 Å². The second-order valence-corrected chi connectivity index (χ2v) is 8.76. The number of rotatable bonds is 5. The van der Waals surface area contributed by atoms with E-state index in [0.717, 1.165) is 29.9 Å². The number of nitrogens with zero attached hydrogens (tertiary/aromatic N) is 2. The molecule has 1 aromatic carbocycles. The summed E-state index contributed by atoms with van der Waals surface area (Å²) in [6.45, 7) is 9.48. The molecule has 156 valence electrons. The van der Waals surface area contributed by atoms with Gasteiger partial charge in [-0.05, 0) is 56.9 Å². The summed E-state index contributed by atoms with van der Waals surface area (Å²) >= 11 is 6.14. The van der Waals surface area contributed by atoms with Crippen LogP contribution in [-0.4, -0.2) is 40.4 Å². The molecule has 3 rings (SSSR count). The minimum Gasteiger partial charge on any atom is -0.349 e. The summed E-state index contributed by atoms with van der Waals surface area (Å²) in [6.07, 6.45) is 2.18. The van der Waals surface area contributed by atoms with Gasteiger partial charge in [-0.2, -0.15) is 0 Å². The van der Waals surface area contributed by atoms with Crippen molar-refractivity contribution in [1.29, 1.82) is 0 Å². The maximum atomic E-state index is 12.9. The minimum atomic E-state index is -0.0571. The summed E-state index contributed by atoms with van der Waals surface area (Å²) in [5, 5.41) is 3.83. The van der Waals surface area contributed by atoms with E-state index in [2.05, 4.69) is 19.2 Å². The molecule has 0 unspecified atom stereocenters. The third kappa shape index (κ3) is 5.02. The van der Waals surface area contributed by atoms with E-state index in [1.165, 1.54) is 0 Å². The second kappa shape index (κ2) is 9.04. The summed E-state index contributed by atoms with van der Waals surface area (Å²) in [5.74, 6) is 0.530. The normalized spacial score (nSPS) is 15.0. The summed E-state index contributed by atoms with van der Waals surface area (Å²) < 4.78 is 2.05. The predicted octanol–water partition coefficient (Wildman–Crippen LogP) is 4.51. The Balaban J connectivity index is 1.65. The zero-order valence-corrected chi connectivity index (χ0v) is 18.4. The maximum Gasteiger partial charge on any atom is 0.253 e. The van der Waals surface area contributed by atoms with E-state index in [1.54, 1.807) is 0 Å². The van der Waals surface area contributed by atoms with Gasteiger partial charge in [0.2, 0.25) is 5.91 Å². The highest BCUT2D eigenvalue weighted by atomic mass is 35.5. The Morgan fingerprint density at radius 1 is 1.17 bits per heavy atom. The topological polar surface area (TPSA) is 54.3 Å². The molecule has 2 heterocycles. The predicted molar refractivity (Wildman–Crippen MR) is 117 cm³/mol. The number of nitrogens with one attached hydrogen (secondary N) is 1. The Kier molecular flexibility index (Phi) is 6.68. The molecule has 1 aliphatic heterocycles. The van der Waals surface area contributed by atoms with Gasteiger partial charge in [0.1, 0.15) is 0 Å². The van der Waals surface area contributed by atoms with Gasteiger partial charge in [0.15, 0.2) is 0 Å². The molecule has 0 atom stereocenters.